The summed E-state index contributed by atoms with van der Waals surface area (Å²) in [4.78, 5) is 0. The van der Waals surface area contributed by atoms with Crippen molar-refractivity contribution >= 4 is 15.9 Å². The van der Waals surface area contributed by atoms with Crippen LogP contribution in [0.15, 0.2) is 6.20 Å². The molecule has 0 aromatic carbocycles. The van der Waals surface area contributed by atoms with E-state index in [0.717, 1.165) is 11.8 Å². The third-order valence-electron chi connectivity index (χ3n) is 3.63. The largest absolute Gasteiger partial charge is 0.266 e. The predicted molar refractivity (Wildman–Crippen MR) is 71.0 cm³/mol. The van der Waals surface area contributed by atoms with Crippen LogP contribution in [-0.4, -0.2) is 9.78 Å². The van der Waals surface area contributed by atoms with Crippen molar-refractivity contribution in [2.24, 2.45) is 0 Å². The van der Waals surface area contributed by atoms with Crippen LogP contribution < -0.4 is 0 Å². The molecule has 1 fully saturated rings. The molecule has 0 aliphatic heterocycles. The molecule has 2 nitrogen and oxygen atoms in total. The second-order valence-electron chi connectivity index (χ2n) is 4.69. The summed E-state index contributed by atoms with van der Waals surface area (Å²) >= 11 is 3.55. The van der Waals surface area contributed by atoms with Crippen molar-refractivity contribution in [1.29, 1.82) is 0 Å². The Morgan fingerprint density at radius 1 is 1.31 bits per heavy atom. The van der Waals surface area contributed by atoms with E-state index in [4.69, 9.17) is 0 Å². The summed E-state index contributed by atoms with van der Waals surface area (Å²) in [6.07, 6.45) is 11.3. The van der Waals surface area contributed by atoms with Crippen LogP contribution in [0.3, 0.4) is 0 Å². The molecule has 1 aromatic rings. The molecule has 2 rings (SSSR count). The van der Waals surface area contributed by atoms with Crippen molar-refractivity contribution < 1.29 is 0 Å². The van der Waals surface area contributed by atoms with Crippen molar-refractivity contribution in [2.75, 3.05) is 0 Å². The van der Waals surface area contributed by atoms with Gasteiger partial charge in [-0.05, 0) is 19.3 Å². The lowest BCUT2D eigenvalue weighted by Crippen LogP contribution is -2.13. The molecule has 16 heavy (non-hydrogen) atoms. The van der Waals surface area contributed by atoms with Crippen molar-refractivity contribution in [3.05, 3.63) is 17.5 Å². The fourth-order valence-corrected chi connectivity index (χ4v) is 3.21. The van der Waals surface area contributed by atoms with Gasteiger partial charge in [-0.2, -0.15) is 5.10 Å². The first-order valence-corrected chi connectivity index (χ1v) is 7.60. The Balaban J connectivity index is 2.20. The molecule has 1 aliphatic rings. The second-order valence-corrected chi connectivity index (χ2v) is 5.25. The normalized spacial score (nSPS) is 18.6. The minimum absolute atomic E-state index is 0.658. The van der Waals surface area contributed by atoms with Crippen molar-refractivity contribution in [3.8, 4) is 0 Å². The molecule has 0 N–H and O–H groups in total. The van der Waals surface area contributed by atoms with E-state index >= 15 is 0 Å². The molecule has 90 valence electrons. The zero-order valence-corrected chi connectivity index (χ0v) is 11.7. The molecule has 1 heterocycles. The molecule has 0 atom stereocenters. The Bertz CT molecular complexity index is 325. The predicted octanol–water partition coefficient (Wildman–Crippen LogP) is 4.24. The first-order chi connectivity index (χ1) is 7.86. The molecule has 0 bridgehead atoms. The van der Waals surface area contributed by atoms with Crippen LogP contribution in [0, 0.1) is 0 Å². The maximum Gasteiger partial charge on any atom is 0.0533 e. The Hall–Kier alpha value is -0.310. The topological polar surface area (TPSA) is 17.8 Å². The number of halogens is 1. The van der Waals surface area contributed by atoms with E-state index in [1.807, 2.05) is 6.20 Å². The zero-order chi connectivity index (χ0) is 11.4. The first-order valence-electron chi connectivity index (χ1n) is 6.48. The van der Waals surface area contributed by atoms with Crippen LogP contribution >= 0.6 is 15.9 Å². The van der Waals surface area contributed by atoms with Gasteiger partial charge < -0.3 is 0 Å². The van der Waals surface area contributed by atoms with Crippen LogP contribution in [-0.2, 0) is 11.8 Å². The lowest BCUT2D eigenvalue weighted by molar-refractivity contribution is 0.394. The van der Waals surface area contributed by atoms with Crippen LogP contribution in [0.5, 0.6) is 0 Å². The minimum atomic E-state index is 0.658. The monoisotopic (exact) mass is 284 g/mol. The van der Waals surface area contributed by atoms with Gasteiger partial charge in [-0.15, -0.1) is 0 Å². The number of aromatic nitrogens is 2. The quantitative estimate of drug-likeness (QED) is 0.600. The molecule has 1 aliphatic carbocycles. The van der Waals surface area contributed by atoms with Crippen LogP contribution in [0.1, 0.15) is 62.7 Å². The SMILES string of the molecule is CCc1c(CBr)cnn1C1CCCCCC1. The van der Waals surface area contributed by atoms with Gasteiger partial charge in [-0.1, -0.05) is 48.5 Å². The first kappa shape index (κ1) is 12.2. The van der Waals surface area contributed by atoms with Gasteiger partial charge in [-0.3, -0.25) is 4.68 Å². The third-order valence-corrected chi connectivity index (χ3v) is 4.24. The van der Waals surface area contributed by atoms with E-state index in [-0.39, 0.29) is 0 Å². The highest BCUT2D eigenvalue weighted by molar-refractivity contribution is 9.08. The van der Waals surface area contributed by atoms with Gasteiger partial charge in [0.2, 0.25) is 0 Å². The van der Waals surface area contributed by atoms with Gasteiger partial charge in [0, 0.05) is 16.6 Å². The fraction of sp³-hybridized carbons (Fsp3) is 0.769. The summed E-state index contributed by atoms with van der Waals surface area (Å²) in [5, 5.41) is 5.54. The summed E-state index contributed by atoms with van der Waals surface area (Å²) in [6, 6.07) is 0.658. The highest BCUT2D eigenvalue weighted by Gasteiger charge is 2.18. The second kappa shape index (κ2) is 5.85. The highest BCUT2D eigenvalue weighted by Crippen LogP contribution is 2.29. The molecule has 3 heteroatoms. The minimum Gasteiger partial charge on any atom is -0.266 e. The molecular formula is C13H21BrN2. The summed E-state index contributed by atoms with van der Waals surface area (Å²) in [5.74, 6) is 0. The van der Waals surface area contributed by atoms with Gasteiger partial charge in [0.1, 0.15) is 0 Å². The molecule has 0 radical (unpaired) electrons. The number of rotatable bonds is 3. The van der Waals surface area contributed by atoms with E-state index in [1.54, 1.807) is 0 Å². The summed E-state index contributed by atoms with van der Waals surface area (Å²) in [7, 11) is 0. The molecule has 1 saturated carbocycles. The van der Waals surface area contributed by atoms with E-state index in [2.05, 4.69) is 32.6 Å². The molecule has 0 saturated heterocycles. The fourth-order valence-electron chi connectivity index (χ4n) is 2.74. The lowest BCUT2D eigenvalue weighted by Gasteiger charge is -2.18. The number of alkyl halides is 1. The lowest BCUT2D eigenvalue weighted by atomic mass is 10.1. The molecule has 1 aromatic heterocycles. The zero-order valence-electron chi connectivity index (χ0n) is 10.1. The third kappa shape index (κ3) is 2.50. The van der Waals surface area contributed by atoms with Gasteiger partial charge >= 0.3 is 0 Å². The number of hydrogen-bond donors (Lipinski definition) is 0. The Morgan fingerprint density at radius 3 is 2.56 bits per heavy atom. The highest BCUT2D eigenvalue weighted by atomic mass is 79.9. The van der Waals surface area contributed by atoms with Gasteiger partial charge in [0.25, 0.3) is 0 Å². The molecule has 0 amide bonds. The van der Waals surface area contributed by atoms with Crippen molar-refractivity contribution in [2.45, 2.75) is 63.2 Å². The number of hydrogen-bond acceptors (Lipinski definition) is 1. The van der Waals surface area contributed by atoms with E-state index < -0.39 is 0 Å². The Morgan fingerprint density at radius 2 is 2.00 bits per heavy atom. The van der Waals surface area contributed by atoms with Gasteiger partial charge in [-0.25, -0.2) is 0 Å². The standard InChI is InChI=1S/C13H21BrN2/c1-2-13-11(9-14)10-15-16(13)12-7-5-3-4-6-8-12/h10,12H,2-9H2,1H3. The van der Waals surface area contributed by atoms with Gasteiger partial charge in [0.05, 0.1) is 12.2 Å². The van der Waals surface area contributed by atoms with Crippen molar-refractivity contribution in [3.63, 3.8) is 0 Å². The molecule has 0 spiro atoms. The summed E-state index contributed by atoms with van der Waals surface area (Å²) in [6.45, 7) is 2.23. The van der Waals surface area contributed by atoms with E-state index in [1.165, 1.54) is 49.8 Å². The Labute approximate surface area is 107 Å². The number of nitrogens with zero attached hydrogens (tertiary/aromatic N) is 2. The summed E-state index contributed by atoms with van der Waals surface area (Å²) in [5.41, 5.74) is 2.80. The van der Waals surface area contributed by atoms with Crippen LogP contribution in [0.25, 0.3) is 0 Å². The summed E-state index contributed by atoms with van der Waals surface area (Å²) < 4.78 is 2.31. The molecule has 0 unspecified atom stereocenters. The van der Waals surface area contributed by atoms with Crippen molar-refractivity contribution in [1.82, 2.24) is 9.78 Å². The van der Waals surface area contributed by atoms with E-state index in [9.17, 15) is 0 Å². The van der Waals surface area contributed by atoms with Gasteiger partial charge in [0.15, 0.2) is 0 Å². The average Bonchev–Trinajstić information content (AvgIpc) is 2.54. The van der Waals surface area contributed by atoms with Crippen LogP contribution in [0.2, 0.25) is 0 Å². The molecular weight excluding hydrogens is 264 g/mol. The smallest absolute Gasteiger partial charge is 0.0533 e. The van der Waals surface area contributed by atoms with Crippen LogP contribution in [0.4, 0.5) is 0 Å². The van der Waals surface area contributed by atoms with E-state index in [0.29, 0.717) is 6.04 Å². The maximum atomic E-state index is 4.61. The Kier molecular flexibility index (Phi) is 4.45. The average molecular weight is 285 g/mol. The maximum absolute atomic E-state index is 4.61.